The maximum absolute atomic E-state index is 6.25. The van der Waals surface area contributed by atoms with Gasteiger partial charge in [0.25, 0.3) is 0 Å². The molecule has 0 radical (unpaired) electrons. The largest absolute Gasteiger partial charge is 0.323 e. The highest BCUT2D eigenvalue weighted by Gasteiger charge is 2.32. The van der Waals surface area contributed by atoms with Crippen LogP contribution in [-0.2, 0) is 0 Å². The zero-order valence-electron chi connectivity index (χ0n) is 8.59. The first kappa shape index (κ1) is 10.7. The molecule has 1 saturated carbocycles. The smallest absolute Gasteiger partial charge is 0.0418 e. The fraction of sp³-hybridized carbons (Fsp3) is 0.636. The van der Waals surface area contributed by atoms with E-state index >= 15 is 0 Å². The molecule has 0 aromatic carbocycles. The molecule has 2 unspecified atom stereocenters. The van der Waals surface area contributed by atoms with Crippen LogP contribution in [0.5, 0.6) is 0 Å². The second kappa shape index (κ2) is 3.95. The molecule has 0 bridgehead atoms. The average molecular weight is 274 g/mol. The van der Waals surface area contributed by atoms with Gasteiger partial charge in [-0.15, -0.1) is 11.3 Å². The van der Waals surface area contributed by atoms with Crippen molar-refractivity contribution in [3.63, 3.8) is 0 Å². The Morgan fingerprint density at radius 1 is 1.57 bits per heavy atom. The van der Waals surface area contributed by atoms with Gasteiger partial charge < -0.3 is 5.73 Å². The van der Waals surface area contributed by atoms with E-state index in [1.54, 1.807) is 0 Å². The van der Waals surface area contributed by atoms with E-state index in [2.05, 4.69) is 35.8 Å². The van der Waals surface area contributed by atoms with Crippen molar-refractivity contribution in [2.45, 2.75) is 32.7 Å². The summed E-state index contributed by atoms with van der Waals surface area (Å²) in [6.45, 7) is 4.41. The van der Waals surface area contributed by atoms with E-state index in [4.69, 9.17) is 5.73 Å². The van der Waals surface area contributed by atoms with Crippen molar-refractivity contribution < 1.29 is 0 Å². The van der Waals surface area contributed by atoms with E-state index < -0.39 is 0 Å². The summed E-state index contributed by atoms with van der Waals surface area (Å²) in [6.07, 6.45) is 2.75. The molecular weight excluding hydrogens is 258 g/mol. The number of halogens is 1. The van der Waals surface area contributed by atoms with Gasteiger partial charge in [0, 0.05) is 20.3 Å². The van der Waals surface area contributed by atoms with Crippen molar-refractivity contribution in [3.05, 3.63) is 20.3 Å². The van der Waals surface area contributed by atoms with Crippen molar-refractivity contribution in [1.29, 1.82) is 0 Å². The first-order valence-electron chi connectivity index (χ1n) is 5.11. The fourth-order valence-electron chi connectivity index (χ4n) is 1.82. The maximum atomic E-state index is 6.25. The summed E-state index contributed by atoms with van der Waals surface area (Å²) in [5.41, 5.74) is 6.25. The first-order valence-corrected chi connectivity index (χ1v) is 6.72. The molecule has 2 N–H and O–H groups in total. The Hall–Kier alpha value is 0.140. The molecule has 1 aliphatic rings. The predicted octanol–water partition coefficient (Wildman–Crippen LogP) is 3.86. The average Bonchev–Trinajstić information content (AvgIpc) is 2.93. The molecule has 1 nitrogen and oxygen atoms in total. The van der Waals surface area contributed by atoms with Crippen LogP contribution in [0.15, 0.2) is 10.5 Å². The fourth-order valence-corrected chi connectivity index (χ4v) is 3.50. The molecule has 1 aromatic rings. The summed E-state index contributed by atoms with van der Waals surface area (Å²) in [4.78, 5) is 2.66. The summed E-state index contributed by atoms with van der Waals surface area (Å²) in [6, 6.07) is 2.42. The molecule has 1 heterocycles. The van der Waals surface area contributed by atoms with Gasteiger partial charge in [0.15, 0.2) is 0 Å². The summed E-state index contributed by atoms with van der Waals surface area (Å²) in [7, 11) is 0. The second-order valence-electron chi connectivity index (χ2n) is 4.28. The maximum Gasteiger partial charge on any atom is 0.0418 e. The Bertz CT molecular complexity index is 311. The Balaban J connectivity index is 2.13. The lowest BCUT2D eigenvalue weighted by molar-refractivity contribution is 0.422. The predicted molar refractivity (Wildman–Crippen MR) is 65.6 cm³/mol. The third-order valence-electron chi connectivity index (χ3n) is 3.14. The van der Waals surface area contributed by atoms with Gasteiger partial charge in [0.05, 0.1) is 0 Å². The van der Waals surface area contributed by atoms with E-state index in [-0.39, 0.29) is 6.04 Å². The zero-order valence-corrected chi connectivity index (χ0v) is 11.0. The highest BCUT2D eigenvalue weighted by atomic mass is 79.9. The first-order chi connectivity index (χ1) is 6.59. The van der Waals surface area contributed by atoms with Crippen LogP contribution in [0.25, 0.3) is 0 Å². The minimum atomic E-state index is 0.234. The lowest BCUT2D eigenvalue weighted by Gasteiger charge is -2.17. The number of rotatable bonds is 3. The number of nitrogens with two attached hydrogens (primary N) is 1. The van der Waals surface area contributed by atoms with Crippen LogP contribution in [0.3, 0.4) is 0 Å². The molecule has 2 atom stereocenters. The van der Waals surface area contributed by atoms with Crippen LogP contribution in [-0.4, -0.2) is 0 Å². The second-order valence-corrected chi connectivity index (χ2v) is 6.42. The third-order valence-corrected chi connectivity index (χ3v) is 5.37. The molecule has 0 saturated heterocycles. The summed E-state index contributed by atoms with van der Waals surface area (Å²) in [5.74, 6) is 1.52. The normalized spacial score (nSPS) is 20.9. The van der Waals surface area contributed by atoms with Crippen molar-refractivity contribution in [1.82, 2.24) is 0 Å². The number of aryl methyl sites for hydroxylation is 1. The Morgan fingerprint density at radius 3 is 2.64 bits per heavy atom. The van der Waals surface area contributed by atoms with Gasteiger partial charge in [-0.05, 0) is 53.6 Å². The van der Waals surface area contributed by atoms with Gasteiger partial charge in [0.1, 0.15) is 0 Å². The molecule has 78 valence electrons. The minimum Gasteiger partial charge on any atom is -0.323 e. The number of hydrogen-bond donors (Lipinski definition) is 1. The molecule has 2 rings (SSSR count). The van der Waals surface area contributed by atoms with Crippen LogP contribution in [0.4, 0.5) is 0 Å². The SMILES string of the molecule is Cc1sc(C(N)C(C)C2CC2)cc1Br. The van der Waals surface area contributed by atoms with E-state index in [9.17, 15) is 0 Å². The summed E-state index contributed by atoms with van der Waals surface area (Å²) >= 11 is 5.37. The Kier molecular flexibility index (Phi) is 3.01. The van der Waals surface area contributed by atoms with Gasteiger partial charge in [-0.3, -0.25) is 0 Å². The monoisotopic (exact) mass is 273 g/mol. The number of thiophene rings is 1. The van der Waals surface area contributed by atoms with Crippen LogP contribution in [0.2, 0.25) is 0 Å². The van der Waals surface area contributed by atoms with Crippen molar-refractivity contribution >= 4 is 27.3 Å². The van der Waals surface area contributed by atoms with Gasteiger partial charge in [-0.25, -0.2) is 0 Å². The molecule has 0 spiro atoms. The van der Waals surface area contributed by atoms with Crippen LogP contribution in [0.1, 0.15) is 35.6 Å². The minimum absolute atomic E-state index is 0.234. The Morgan fingerprint density at radius 2 is 2.21 bits per heavy atom. The molecule has 1 fully saturated rings. The summed E-state index contributed by atoms with van der Waals surface area (Å²) in [5, 5.41) is 0. The highest BCUT2D eigenvalue weighted by Crippen LogP contribution is 2.43. The zero-order chi connectivity index (χ0) is 10.3. The molecule has 14 heavy (non-hydrogen) atoms. The molecule has 0 aliphatic heterocycles. The molecule has 3 heteroatoms. The molecule has 0 amide bonds. The van der Waals surface area contributed by atoms with Gasteiger partial charge >= 0.3 is 0 Å². The lowest BCUT2D eigenvalue weighted by atomic mass is 9.96. The van der Waals surface area contributed by atoms with Crippen molar-refractivity contribution in [2.75, 3.05) is 0 Å². The third kappa shape index (κ3) is 2.05. The van der Waals surface area contributed by atoms with E-state index in [1.165, 1.54) is 27.1 Å². The van der Waals surface area contributed by atoms with Crippen LogP contribution < -0.4 is 5.73 Å². The van der Waals surface area contributed by atoms with Crippen molar-refractivity contribution in [2.24, 2.45) is 17.6 Å². The molecule has 1 aliphatic carbocycles. The molecular formula is C11H16BrNS. The van der Waals surface area contributed by atoms with E-state index in [0.717, 1.165) is 5.92 Å². The van der Waals surface area contributed by atoms with Gasteiger partial charge in [-0.2, -0.15) is 0 Å². The standard InChI is InChI=1S/C11H16BrNS/c1-6(8-3-4-8)11(13)10-5-9(12)7(2)14-10/h5-6,8,11H,3-4,13H2,1-2H3. The van der Waals surface area contributed by atoms with Gasteiger partial charge in [0.2, 0.25) is 0 Å². The topological polar surface area (TPSA) is 26.0 Å². The molecule has 1 aromatic heterocycles. The number of hydrogen-bond acceptors (Lipinski definition) is 2. The van der Waals surface area contributed by atoms with Gasteiger partial charge in [-0.1, -0.05) is 6.92 Å². The Labute approximate surface area is 97.8 Å². The summed E-state index contributed by atoms with van der Waals surface area (Å²) < 4.78 is 1.20. The van der Waals surface area contributed by atoms with E-state index in [1.807, 2.05) is 11.3 Å². The quantitative estimate of drug-likeness (QED) is 0.889. The van der Waals surface area contributed by atoms with Crippen molar-refractivity contribution in [3.8, 4) is 0 Å². The lowest BCUT2D eigenvalue weighted by Crippen LogP contribution is -2.19. The highest BCUT2D eigenvalue weighted by molar-refractivity contribution is 9.10. The van der Waals surface area contributed by atoms with Crippen LogP contribution >= 0.6 is 27.3 Å². The van der Waals surface area contributed by atoms with Crippen LogP contribution in [0, 0.1) is 18.8 Å². The van der Waals surface area contributed by atoms with E-state index in [0.29, 0.717) is 5.92 Å².